The van der Waals surface area contributed by atoms with E-state index in [2.05, 4.69) is 31.0 Å². The van der Waals surface area contributed by atoms with Gasteiger partial charge in [0.15, 0.2) is 0 Å². The molecule has 1 aromatic heterocycles. The number of benzene rings is 1. The van der Waals surface area contributed by atoms with Gasteiger partial charge in [0, 0.05) is 17.2 Å². The fourth-order valence-electron chi connectivity index (χ4n) is 1.61. The van der Waals surface area contributed by atoms with Gasteiger partial charge in [-0.2, -0.15) is 8.78 Å². The molecule has 0 aliphatic heterocycles. The van der Waals surface area contributed by atoms with Gasteiger partial charge in [-0.1, -0.05) is 12.1 Å². The molecule has 0 saturated heterocycles. The van der Waals surface area contributed by atoms with Gasteiger partial charge in [0.25, 0.3) is 5.91 Å². The summed E-state index contributed by atoms with van der Waals surface area (Å²) < 4.78 is 28.9. The van der Waals surface area contributed by atoms with Gasteiger partial charge in [0.1, 0.15) is 11.4 Å². The Labute approximate surface area is 128 Å². The quantitative estimate of drug-likeness (QED) is 0.893. The number of hydrogen-bond donors (Lipinski definition) is 1. The summed E-state index contributed by atoms with van der Waals surface area (Å²) in [6.07, 6.45) is 1.52. The number of carbonyl (C=O) groups excluding carboxylic acids is 1. The molecule has 0 fully saturated rings. The van der Waals surface area contributed by atoms with Crippen LogP contribution in [0.5, 0.6) is 5.75 Å². The van der Waals surface area contributed by atoms with Gasteiger partial charge >= 0.3 is 6.61 Å². The van der Waals surface area contributed by atoms with Crippen LogP contribution in [-0.2, 0) is 6.54 Å². The summed E-state index contributed by atoms with van der Waals surface area (Å²) in [7, 11) is 0. The Kier molecular flexibility index (Phi) is 5.21. The van der Waals surface area contributed by atoms with Gasteiger partial charge < -0.3 is 10.1 Å². The Morgan fingerprint density at radius 3 is 2.62 bits per heavy atom. The van der Waals surface area contributed by atoms with Gasteiger partial charge in [-0.05, 0) is 45.8 Å². The van der Waals surface area contributed by atoms with Crippen molar-refractivity contribution in [2.24, 2.45) is 0 Å². The molecular weight excluding hydrogens is 346 g/mol. The highest BCUT2D eigenvalue weighted by molar-refractivity contribution is 9.10. The summed E-state index contributed by atoms with van der Waals surface area (Å²) in [6, 6.07) is 9.48. The van der Waals surface area contributed by atoms with Gasteiger partial charge in [-0.15, -0.1) is 0 Å². The highest BCUT2D eigenvalue weighted by Crippen LogP contribution is 2.16. The lowest BCUT2D eigenvalue weighted by molar-refractivity contribution is -0.0498. The van der Waals surface area contributed by atoms with Crippen molar-refractivity contribution in [1.82, 2.24) is 10.3 Å². The highest BCUT2D eigenvalue weighted by atomic mass is 79.9. The summed E-state index contributed by atoms with van der Waals surface area (Å²) >= 11 is 3.24. The van der Waals surface area contributed by atoms with E-state index in [1.165, 1.54) is 18.3 Å². The number of carbonyl (C=O) groups is 1. The van der Waals surface area contributed by atoms with Crippen LogP contribution < -0.4 is 10.1 Å². The molecule has 1 aromatic carbocycles. The van der Waals surface area contributed by atoms with Gasteiger partial charge in [0.2, 0.25) is 0 Å². The third kappa shape index (κ3) is 4.49. The predicted octanol–water partition coefficient (Wildman–Crippen LogP) is 3.38. The summed E-state index contributed by atoms with van der Waals surface area (Å²) in [4.78, 5) is 15.9. The molecule has 1 amide bonds. The molecule has 4 nitrogen and oxygen atoms in total. The summed E-state index contributed by atoms with van der Waals surface area (Å²) in [5.41, 5.74) is 1.05. The fraction of sp³-hybridized carbons (Fsp3) is 0.143. The van der Waals surface area contributed by atoms with E-state index in [0.29, 0.717) is 4.47 Å². The average Bonchev–Trinajstić information content (AvgIpc) is 2.46. The zero-order chi connectivity index (χ0) is 15.2. The number of ether oxygens (including phenoxy) is 1. The standard InChI is InChI=1S/C14H11BrF2N2O2/c15-11-2-1-7-18-12(11)13(20)19-8-9-3-5-10(6-4-9)21-14(16)17/h1-7,14H,8H2,(H,19,20). The Balaban J connectivity index is 1.94. The molecule has 0 saturated carbocycles. The molecule has 1 heterocycles. The first-order valence-corrected chi connectivity index (χ1v) is 6.78. The monoisotopic (exact) mass is 356 g/mol. The Morgan fingerprint density at radius 2 is 2.00 bits per heavy atom. The zero-order valence-electron chi connectivity index (χ0n) is 10.7. The molecule has 0 bridgehead atoms. The molecule has 110 valence electrons. The molecule has 0 aliphatic rings. The smallest absolute Gasteiger partial charge is 0.387 e. The number of alkyl halides is 2. The van der Waals surface area contributed by atoms with Crippen LogP contribution in [-0.4, -0.2) is 17.5 Å². The predicted molar refractivity (Wildman–Crippen MR) is 76.2 cm³/mol. The van der Waals surface area contributed by atoms with E-state index < -0.39 is 6.61 Å². The van der Waals surface area contributed by atoms with Gasteiger partial charge in [-0.25, -0.2) is 4.98 Å². The second-order valence-corrected chi connectivity index (χ2v) is 4.89. The molecule has 2 aromatic rings. The lowest BCUT2D eigenvalue weighted by atomic mass is 10.2. The van der Waals surface area contributed by atoms with Crippen molar-refractivity contribution >= 4 is 21.8 Å². The number of halogens is 3. The minimum absolute atomic E-state index is 0.0764. The Hall–Kier alpha value is -2.02. The van der Waals surface area contributed by atoms with E-state index in [0.717, 1.165) is 5.56 Å². The van der Waals surface area contributed by atoms with E-state index in [9.17, 15) is 13.6 Å². The van der Waals surface area contributed by atoms with E-state index in [4.69, 9.17) is 0 Å². The molecule has 0 unspecified atom stereocenters. The van der Waals surface area contributed by atoms with Crippen LogP contribution in [0.1, 0.15) is 16.1 Å². The topological polar surface area (TPSA) is 51.2 Å². The number of hydrogen-bond acceptors (Lipinski definition) is 3. The third-order valence-corrected chi connectivity index (χ3v) is 3.22. The minimum Gasteiger partial charge on any atom is -0.435 e. The van der Waals surface area contributed by atoms with E-state index in [1.54, 1.807) is 24.3 Å². The van der Waals surface area contributed by atoms with Crippen LogP contribution in [0.2, 0.25) is 0 Å². The van der Waals surface area contributed by atoms with Crippen molar-refractivity contribution in [1.29, 1.82) is 0 Å². The molecule has 7 heteroatoms. The van der Waals surface area contributed by atoms with Crippen molar-refractivity contribution < 1.29 is 18.3 Å². The summed E-state index contributed by atoms with van der Waals surface area (Å²) in [5, 5.41) is 2.70. The Bertz CT molecular complexity index is 621. The maximum atomic E-state index is 12.0. The number of pyridine rings is 1. The molecule has 21 heavy (non-hydrogen) atoms. The van der Waals surface area contributed by atoms with Gasteiger partial charge in [0.05, 0.1) is 0 Å². The van der Waals surface area contributed by atoms with Crippen molar-refractivity contribution in [3.05, 3.63) is 58.3 Å². The first kappa shape index (κ1) is 15.4. The van der Waals surface area contributed by atoms with Crippen molar-refractivity contribution in [2.75, 3.05) is 0 Å². The van der Waals surface area contributed by atoms with E-state index >= 15 is 0 Å². The van der Waals surface area contributed by atoms with Gasteiger partial charge in [-0.3, -0.25) is 4.79 Å². The summed E-state index contributed by atoms with van der Waals surface area (Å²) in [5.74, 6) is -0.247. The first-order chi connectivity index (χ1) is 10.1. The average molecular weight is 357 g/mol. The minimum atomic E-state index is -2.85. The number of nitrogens with one attached hydrogen (secondary N) is 1. The van der Waals surface area contributed by atoms with Crippen LogP contribution in [0.25, 0.3) is 0 Å². The lowest BCUT2D eigenvalue weighted by Crippen LogP contribution is -2.24. The van der Waals surface area contributed by atoms with E-state index in [1.807, 2.05) is 0 Å². The van der Waals surface area contributed by atoms with Crippen molar-refractivity contribution in [3.8, 4) is 5.75 Å². The molecular formula is C14H11BrF2N2O2. The van der Waals surface area contributed by atoms with Crippen LogP contribution in [0.4, 0.5) is 8.78 Å². The third-order valence-electron chi connectivity index (χ3n) is 2.58. The molecule has 0 aliphatic carbocycles. The fourth-order valence-corrected chi connectivity index (χ4v) is 2.04. The molecule has 0 radical (unpaired) electrons. The zero-order valence-corrected chi connectivity index (χ0v) is 12.3. The second-order valence-electron chi connectivity index (χ2n) is 4.04. The Morgan fingerprint density at radius 1 is 1.29 bits per heavy atom. The largest absolute Gasteiger partial charge is 0.435 e. The van der Waals surface area contributed by atoms with Crippen molar-refractivity contribution in [3.63, 3.8) is 0 Å². The van der Waals surface area contributed by atoms with Crippen LogP contribution in [0.3, 0.4) is 0 Å². The van der Waals surface area contributed by atoms with Crippen molar-refractivity contribution in [2.45, 2.75) is 13.2 Å². The second kappa shape index (κ2) is 7.12. The molecule has 2 rings (SSSR count). The first-order valence-electron chi connectivity index (χ1n) is 5.98. The summed E-state index contributed by atoms with van der Waals surface area (Å²) in [6.45, 7) is -2.59. The number of aromatic nitrogens is 1. The van der Waals surface area contributed by atoms with Crippen LogP contribution >= 0.6 is 15.9 Å². The lowest BCUT2D eigenvalue weighted by Gasteiger charge is -2.08. The van der Waals surface area contributed by atoms with Crippen LogP contribution in [0, 0.1) is 0 Å². The normalized spacial score (nSPS) is 10.5. The SMILES string of the molecule is O=C(NCc1ccc(OC(F)F)cc1)c1ncccc1Br. The molecule has 1 N–H and O–H groups in total. The van der Waals surface area contributed by atoms with Crippen LogP contribution in [0.15, 0.2) is 47.1 Å². The highest BCUT2D eigenvalue weighted by Gasteiger charge is 2.10. The number of rotatable bonds is 5. The number of amides is 1. The maximum absolute atomic E-state index is 12.0. The molecule has 0 spiro atoms. The van der Waals surface area contributed by atoms with E-state index in [-0.39, 0.29) is 23.9 Å². The maximum Gasteiger partial charge on any atom is 0.387 e. The number of nitrogens with zero attached hydrogens (tertiary/aromatic N) is 1. The molecule has 0 atom stereocenters.